The van der Waals surface area contributed by atoms with Crippen LogP contribution in [0.4, 0.5) is 15.8 Å². The number of amides is 1. The van der Waals surface area contributed by atoms with Crippen molar-refractivity contribution in [3.63, 3.8) is 0 Å². The Bertz CT molecular complexity index is 579. The molecular formula is C15H20FN3O3. The molecule has 0 saturated carbocycles. The summed E-state index contributed by atoms with van der Waals surface area (Å²) in [5.74, 6) is -0.772. The normalized spacial score (nSPS) is 19.6. The van der Waals surface area contributed by atoms with Crippen LogP contribution in [0.1, 0.15) is 33.1 Å². The number of halogens is 1. The molecule has 1 N–H and O–H groups in total. The molecule has 6 nitrogen and oxygen atoms in total. The fourth-order valence-corrected chi connectivity index (χ4v) is 2.75. The highest BCUT2D eigenvalue weighted by molar-refractivity contribution is 5.85. The highest BCUT2D eigenvalue weighted by Crippen LogP contribution is 2.26. The number of rotatable bonds is 4. The number of nitro groups is 1. The van der Waals surface area contributed by atoms with Gasteiger partial charge in [0.05, 0.1) is 11.0 Å². The van der Waals surface area contributed by atoms with Crippen LogP contribution in [0.2, 0.25) is 0 Å². The third-order valence-corrected chi connectivity index (χ3v) is 3.98. The standard InChI is InChI=1S/C15H20FN3O3/c1-10-5-3-4-8-18(10)15(20)11(2)17-13-7-6-12(16)9-14(13)19(21)22/h6-7,9-11,17H,3-5,8H2,1-2H3. The number of hydrogen-bond acceptors (Lipinski definition) is 4. The monoisotopic (exact) mass is 309 g/mol. The highest BCUT2D eigenvalue weighted by Gasteiger charge is 2.28. The van der Waals surface area contributed by atoms with Gasteiger partial charge < -0.3 is 10.2 Å². The van der Waals surface area contributed by atoms with Crippen molar-refractivity contribution in [2.45, 2.75) is 45.2 Å². The van der Waals surface area contributed by atoms with E-state index >= 15 is 0 Å². The van der Waals surface area contributed by atoms with Gasteiger partial charge in [0.15, 0.2) is 0 Å². The van der Waals surface area contributed by atoms with Crippen molar-refractivity contribution in [1.82, 2.24) is 4.90 Å². The fraction of sp³-hybridized carbons (Fsp3) is 0.533. The van der Waals surface area contributed by atoms with E-state index in [4.69, 9.17) is 0 Å². The summed E-state index contributed by atoms with van der Waals surface area (Å²) in [6, 6.07) is 2.84. The summed E-state index contributed by atoms with van der Waals surface area (Å²) in [7, 11) is 0. The molecule has 1 aliphatic heterocycles. The van der Waals surface area contributed by atoms with Crippen LogP contribution in [0, 0.1) is 15.9 Å². The van der Waals surface area contributed by atoms with Gasteiger partial charge in [-0.3, -0.25) is 14.9 Å². The van der Waals surface area contributed by atoms with Crippen molar-refractivity contribution in [3.05, 3.63) is 34.1 Å². The molecule has 1 aromatic rings. The SMILES string of the molecule is CC(Nc1ccc(F)cc1[N+](=O)[O-])C(=O)N1CCCCC1C. The number of carbonyl (C=O) groups is 1. The molecule has 1 amide bonds. The molecule has 7 heteroatoms. The number of anilines is 1. The van der Waals surface area contributed by atoms with Crippen LogP contribution in [-0.2, 0) is 4.79 Å². The largest absolute Gasteiger partial charge is 0.368 e. The van der Waals surface area contributed by atoms with Crippen LogP contribution in [0.25, 0.3) is 0 Å². The van der Waals surface area contributed by atoms with E-state index in [2.05, 4.69) is 5.32 Å². The molecule has 2 unspecified atom stereocenters. The lowest BCUT2D eigenvalue weighted by atomic mass is 10.0. The summed E-state index contributed by atoms with van der Waals surface area (Å²) in [5.41, 5.74) is -0.219. The summed E-state index contributed by atoms with van der Waals surface area (Å²) in [6.45, 7) is 4.37. The van der Waals surface area contributed by atoms with Crippen LogP contribution >= 0.6 is 0 Å². The van der Waals surface area contributed by atoms with Crippen molar-refractivity contribution >= 4 is 17.3 Å². The van der Waals surface area contributed by atoms with E-state index in [1.54, 1.807) is 11.8 Å². The van der Waals surface area contributed by atoms with E-state index in [0.29, 0.717) is 6.54 Å². The van der Waals surface area contributed by atoms with Gasteiger partial charge in [-0.25, -0.2) is 4.39 Å². The average molecular weight is 309 g/mol. The molecular weight excluding hydrogens is 289 g/mol. The first-order chi connectivity index (χ1) is 10.4. The van der Waals surface area contributed by atoms with Crippen LogP contribution in [-0.4, -0.2) is 34.4 Å². The zero-order valence-corrected chi connectivity index (χ0v) is 12.7. The van der Waals surface area contributed by atoms with Gasteiger partial charge in [-0.2, -0.15) is 0 Å². The van der Waals surface area contributed by atoms with Crippen LogP contribution in [0.15, 0.2) is 18.2 Å². The predicted octanol–water partition coefficient (Wildman–Crippen LogP) is 2.94. The number of piperidine rings is 1. The molecule has 0 radical (unpaired) electrons. The Morgan fingerprint density at radius 1 is 1.50 bits per heavy atom. The molecule has 120 valence electrons. The summed E-state index contributed by atoms with van der Waals surface area (Å²) in [4.78, 5) is 24.6. The van der Waals surface area contributed by atoms with Gasteiger partial charge in [-0.15, -0.1) is 0 Å². The third-order valence-electron chi connectivity index (χ3n) is 3.98. The molecule has 1 fully saturated rings. The topological polar surface area (TPSA) is 75.5 Å². The smallest absolute Gasteiger partial charge is 0.295 e. The molecule has 0 aromatic heterocycles. The Morgan fingerprint density at radius 3 is 2.86 bits per heavy atom. The minimum atomic E-state index is -0.680. The Hall–Kier alpha value is -2.18. The second-order valence-corrected chi connectivity index (χ2v) is 5.66. The van der Waals surface area contributed by atoms with E-state index in [1.807, 2.05) is 6.92 Å². The van der Waals surface area contributed by atoms with Gasteiger partial charge in [-0.1, -0.05) is 0 Å². The van der Waals surface area contributed by atoms with Crippen LogP contribution in [0.3, 0.4) is 0 Å². The summed E-state index contributed by atoms with van der Waals surface area (Å²) in [5, 5.41) is 13.8. The highest BCUT2D eigenvalue weighted by atomic mass is 19.1. The lowest BCUT2D eigenvalue weighted by molar-refractivity contribution is -0.384. The Labute approximate surface area is 128 Å². The molecule has 2 atom stereocenters. The number of nitrogens with one attached hydrogen (secondary N) is 1. The van der Waals surface area contributed by atoms with E-state index in [-0.39, 0.29) is 23.3 Å². The van der Waals surface area contributed by atoms with Gasteiger partial charge in [0.25, 0.3) is 5.69 Å². The molecule has 1 aromatic carbocycles. The Balaban J connectivity index is 2.13. The van der Waals surface area contributed by atoms with Crippen molar-refractivity contribution in [2.24, 2.45) is 0 Å². The van der Waals surface area contributed by atoms with E-state index in [0.717, 1.165) is 31.4 Å². The first-order valence-corrected chi connectivity index (χ1v) is 7.41. The second kappa shape index (κ2) is 6.72. The first kappa shape index (κ1) is 16.2. The predicted molar refractivity (Wildman–Crippen MR) is 81.2 cm³/mol. The van der Waals surface area contributed by atoms with Crippen molar-refractivity contribution in [3.8, 4) is 0 Å². The molecule has 0 spiro atoms. The second-order valence-electron chi connectivity index (χ2n) is 5.66. The average Bonchev–Trinajstić information content (AvgIpc) is 2.48. The molecule has 2 rings (SSSR count). The number of nitrogens with zero attached hydrogens (tertiary/aromatic N) is 2. The molecule has 1 aliphatic rings. The number of likely N-dealkylation sites (tertiary alicyclic amines) is 1. The molecule has 1 heterocycles. The minimum absolute atomic E-state index is 0.0918. The van der Waals surface area contributed by atoms with Crippen molar-refractivity contribution in [2.75, 3.05) is 11.9 Å². The van der Waals surface area contributed by atoms with Crippen molar-refractivity contribution < 1.29 is 14.1 Å². The van der Waals surface area contributed by atoms with Crippen LogP contribution < -0.4 is 5.32 Å². The number of nitro benzene ring substituents is 1. The van der Waals surface area contributed by atoms with E-state index < -0.39 is 16.8 Å². The summed E-state index contributed by atoms with van der Waals surface area (Å²) < 4.78 is 13.1. The molecule has 0 aliphatic carbocycles. The summed E-state index contributed by atoms with van der Waals surface area (Å²) in [6.07, 6.45) is 3.05. The van der Waals surface area contributed by atoms with Crippen molar-refractivity contribution in [1.29, 1.82) is 0 Å². The van der Waals surface area contributed by atoms with E-state index in [9.17, 15) is 19.3 Å². The van der Waals surface area contributed by atoms with Gasteiger partial charge in [0, 0.05) is 12.6 Å². The maximum absolute atomic E-state index is 13.1. The first-order valence-electron chi connectivity index (χ1n) is 7.41. The Kier molecular flexibility index (Phi) is 4.95. The Morgan fingerprint density at radius 2 is 2.23 bits per heavy atom. The van der Waals surface area contributed by atoms with Gasteiger partial charge >= 0.3 is 0 Å². The number of hydrogen-bond donors (Lipinski definition) is 1. The molecule has 22 heavy (non-hydrogen) atoms. The van der Waals surface area contributed by atoms with Gasteiger partial charge in [0.1, 0.15) is 17.5 Å². The maximum atomic E-state index is 13.1. The van der Waals surface area contributed by atoms with Gasteiger partial charge in [-0.05, 0) is 45.2 Å². The number of carbonyl (C=O) groups excluding carboxylic acids is 1. The lowest BCUT2D eigenvalue weighted by Gasteiger charge is -2.35. The minimum Gasteiger partial charge on any atom is -0.368 e. The van der Waals surface area contributed by atoms with Crippen LogP contribution in [0.5, 0.6) is 0 Å². The molecule has 1 saturated heterocycles. The third kappa shape index (κ3) is 3.52. The quantitative estimate of drug-likeness (QED) is 0.685. The number of benzene rings is 1. The zero-order chi connectivity index (χ0) is 16.3. The lowest BCUT2D eigenvalue weighted by Crippen LogP contribution is -2.48. The summed E-state index contributed by atoms with van der Waals surface area (Å²) >= 11 is 0. The zero-order valence-electron chi connectivity index (χ0n) is 12.7. The molecule has 0 bridgehead atoms. The van der Waals surface area contributed by atoms with Gasteiger partial charge in [0.2, 0.25) is 5.91 Å². The maximum Gasteiger partial charge on any atom is 0.295 e. The van der Waals surface area contributed by atoms with E-state index in [1.165, 1.54) is 6.07 Å². The fourth-order valence-electron chi connectivity index (χ4n) is 2.75.